The summed E-state index contributed by atoms with van der Waals surface area (Å²) in [7, 11) is 0. The zero-order valence-corrected chi connectivity index (χ0v) is 13.3. The van der Waals surface area contributed by atoms with Crippen molar-refractivity contribution in [1.29, 1.82) is 0 Å². The van der Waals surface area contributed by atoms with Crippen molar-refractivity contribution in [3.8, 4) is 0 Å². The van der Waals surface area contributed by atoms with Gasteiger partial charge in [-0.25, -0.2) is 0 Å². The monoisotopic (exact) mass is 359 g/mol. The Hall–Kier alpha value is -2.21. The lowest BCUT2D eigenvalue weighted by atomic mass is 10.1. The van der Waals surface area contributed by atoms with Crippen LogP contribution in [0.5, 0.6) is 0 Å². The number of rotatable bonds is 3. The van der Waals surface area contributed by atoms with Crippen LogP contribution >= 0.6 is 15.9 Å². The number of carbonyl (C=O) groups excluding carboxylic acids is 2. The van der Waals surface area contributed by atoms with Crippen LogP contribution in [0.2, 0.25) is 0 Å². The molecule has 1 aliphatic heterocycles. The van der Waals surface area contributed by atoms with E-state index in [2.05, 4.69) is 26.2 Å². The molecule has 0 saturated carbocycles. The van der Waals surface area contributed by atoms with Crippen LogP contribution in [0.3, 0.4) is 0 Å². The molecule has 1 aliphatic rings. The molecular formula is C16H14BrN3O2. The highest BCUT2D eigenvalue weighted by atomic mass is 79.9. The number of halogens is 1. The summed E-state index contributed by atoms with van der Waals surface area (Å²) in [5.74, 6) is -0.536. The molecule has 0 bridgehead atoms. The second-order valence-corrected chi connectivity index (χ2v) is 6.03. The van der Waals surface area contributed by atoms with Crippen molar-refractivity contribution in [2.24, 2.45) is 5.92 Å². The smallest absolute Gasteiger partial charge is 0.229 e. The normalized spacial score (nSPS) is 17.6. The first-order valence-corrected chi connectivity index (χ1v) is 7.69. The van der Waals surface area contributed by atoms with Crippen LogP contribution in [0.25, 0.3) is 0 Å². The van der Waals surface area contributed by atoms with Crippen molar-refractivity contribution in [1.82, 2.24) is 4.98 Å². The van der Waals surface area contributed by atoms with Crippen LogP contribution in [-0.4, -0.2) is 23.3 Å². The Morgan fingerprint density at radius 1 is 1.27 bits per heavy atom. The minimum Gasteiger partial charge on any atom is -0.324 e. The standard InChI is InChI=1S/C16H14BrN3O2/c17-12-3-5-14(6-4-12)20-10-11(8-15(20)21)16(22)19-13-2-1-7-18-9-13/h1-7,9,11H,8,10H2,(H,19,22)/t11-/m1/s1. The number of hydrogen-bond acceptors (Lipinski definition) is 3. The van der Waals surface area contributed by atoms with Gasteiger partial charge in [0.25, 0.3) is 0 Å². The van der Waals surface area contributed by atoms with E-state index in [4.69, 9.17) is 0 Å². The van der Waals surface area contributed by atoms with Gasteiger partial charge in [-0.15, -0.1) is 0 Å². The van der Waals surface area contributed by atoms with E-state index in [0.29, 0.717) is 12.2 Å². The fourth-order valence-electron chi connectivity index (χ4n) is 2.43. The fourth-order valence-corrected chi connectivity index (χ4v) is 2.70. The van der Waals surface area contributed by atoms with Gasteiger partial charge >= 0.3 is 0 Å². The van der Waals surface area contributed by atoms with Crippen LogP contribution in [0.15, 0.2) is 53.3 Å². The molecule has 1 saturated heterocycles. The minimum atomic E-state index is -0.351. The van der Waals surface area contributed by atoms with Gasteiger partial charge in [-0.05, 0) is 36.4 Å². The van der Waals surface area contributed by atoms with Crippen molar-refractivity contribution >= 4 is 39.1 Å². The first-order chi connectivity index (χ1) is 10.6. The lowest BCUT2D eigenvalue weighted by Crippen LogP contribution is -2.28. The second kappa shape index (κ2) is 6.27. The van der Waals surface area contributed by atoms with Crippen molar-refractivity contribution in [2.75, 3.05) is 16.8 Å². The van der Waals surface area contributed by atoms with Crippen molar-refractivity contribution in [3.63, 3.8) is 0 Å². The van der Waals surface area contributed by atoms with Crippen LogP contribution < -0.4 is 10.2 Å². The highest BCUT2D eigenvalue weighted by Crippen LogP contribution is 2.27. The van der Waals surface area contributed by atoms with Gasteiger partial charge in [0.15, 0.2) is 0 Å². The maximum absolute atomic E-state index is 12.3. The molecular weight excluding hydrogens is 346 g/mol. The summed E-state index contributed by atoms with van der Waals surface area (Å²) in [5, 5.41) is 2.80. The van der Waals surface area contributed by atoms with E-state index < -0.39 is 0 Å². The van der Waals surface area contributed by atoms with Gasteiger partial charge in [0.2, 0.25) is 11.8 Å². The zero-order valence-electron chi connectivity index (χ0n) is 11.7. The molecule has 1 aromatic heterocycles. The van der Waals surface area contributed by atoms with Gasteiger partial charge in [0, 0.05) is 29.3 Å². The van der Waals surface area contributed by atoms with Gasteiger partial charge < -0.3 is 10.2 Å². The fraction of sp³-hybridized carbons (Fsp3) is 0.188. The average Bonchev–Trinajstić information content (AvgIpc) is 2.91. The molecule has 1 N–H and O–H groups in total. The van der Waals surface area contributed by atoms with Gasteiger partial charge in [0.1, 0.15) is 0 Å². The molecule has 0 unspecified atom stereocenters. The Kier molecular flexibility index (Phi) is 4.20. The Labute approximate surface area is 136 Å². The number of nitrogens with one attached hydrogen (secondary N) is 1. The number of anilines is 2. The molecule has 5 nitrogen and oxygen atoms in total. The molecule has 1 fully saturated rings. The summed E-state index contributed by atoms with van der Waals surface area (Å²) < 4.78 is 0.953. The maximum atomic E-state index is 12.3. The Morgan fingerprint density at radius 3 is 2.73 bits per heavy atom. The number of aromatic nitrogens is 1. The van der Waals surface area contributed by atoms with Gasteiger partial charge in [-0.1, -0.05) is 15.9 Å². The third-order valence-corrected chi connectivity index (χ3v) is 4.09. The quantitative estimate of drug-likeness (QED) is 0.916. The highest BCUT2D eigenvalue weighted by molar-refractivity contribution is 9.10. The summed E-state index contributed by atoms with van der Waals surface area (Å²) in [4.78, 5) is 30.0. The lowest BCUT2D eigenvalue weighted by molar-refractivity contribution is -0.122. The lowest BCUT2D eigenvalue weighted by Gasteiger charge is -2.16. The predicted molar refractivity (Wildman–Crippen MR) is 87.5 cm³/mol. The topological polar surface area (TPSA) is 62.3 Å². The van der Waals surface area contributed by atoms with Crippen LogP contribution in [0.1, 0.15) is 6.42 Å². The summed E-state index contributed by atoms with van der Waals surface area (Å²) in [5.41, 5.74) is 1.45. The number of carbonyl (C=O) groups is 2. The molecule has 1 aromatic carbocycles. The molecule has 22 heavy (non-hydrogen) atoms. The third kappa shape index (κ3) is 3.17. The molecule has 0 radical (unpaired) electrons. The van der Waals surface area contributed by atoms with E-state index in [1.165, 1.54) is 0 Å². The third-order valence-electron chi connectivity index (χ3n) is 3.56. The molecule has 1 atom stereocenters. The second-order valence-electron chi connectivity index (χ2n) is 5.11. The van der Waals surface area contributed by atoms with Crippen molar-refractivity contribution in [2.45, 2.75) is 6.42 Å². The van der Waals surface area contributed by atoms with E-state index in [1.807, 2.05) is 24.3 Å². The molecule has 2 amide bonds. The zero-order chi connectivity index (χ0) is 15.5. The van der Waals surface area contributed by atoms with Crippen molar-refractivity contribution in [3.05, 3.63) is 53.3 Å². The van der Waals surface area contributed by atoms with E-state index in [9.17, 15) is 9.59 Å². The number of pyridine rings is 1. The maximum Gasteiger partial charge on any atom is 0.229 e. The van der Waals surface area contributed by atoms with Crippen LogP contribution in [0, 0.1) is 5.92 Å². The molecule has 6 heteroatoms. The summed E-state index contributed by atoms with van der Waals surface area (Å²) in [6.07, 6.45) is 3.45. The number of hydrogen-bond donors (Lipinski definition) is 1. The Bertz CT molecular complexity index is 688. The van der Waals surface area contributed by atoms with Crippen LogP contribution in [0.4, 0.5) is 11.4 Å². The SMILES string of the molecule is O=C(Nc1cccnc1)[C@@H]1CC(=O)N(c2ccc(Br)cc2)C1. The first kappa shape index (κ1) is 14.7. The molecule has 0 aliphatic carbocycles. The van der Waals surface area contributed by atoms with E-state index in [0.717, 1.165) is 10.2 Å². The van der Waals surface area contributed by atoms with Gasteiger partial charge in [-0.3, -0.25) is 14.6 Å². The first-order valence-electron chi connectivity index (χ1n) is 6.90. The van der Waals surface area contributed by atoms with E-state index in [-0.39, 0.29) is 24.2 Å². The Balaban J connectivity index is 1.69. The summed E-state index contributed by atoms with van der Waals surface area (Å²) in [6.45, 7) is 0.395. The molecule has 2 aromatic rings. The highest BCUT2D eigenvalue weighted by Gasteiger charge is 2.35. The van der Waals surface area contributed by atoms with Gasteiger partial charge in [-0.2, -0.15) is 0 Å². The molecule has 2 heterocycles. The Morgan fingerprint density at radius 2 is 2.05 bits per heavy atom. The minimum absolute atomic E-state index is 0.0336. The average molecular weight is 360 g/mol. The molecule has 112 valence electrons. The summed E-state index contributed by atoms with van der Waals surface area (Å²) >= 11 is 3.37. The molecule has 0 spiro atoms. The van der Waals surface area contributed by atoms with E-state index >= 15 is 0 Å². The molecule has 3 rings (SSSR count). The number of nitrogens with zero attached hydrogens (tertiary/aromatic N) is 2. The van der Waals surface area contributed by atoms with Crippen molar-refractivity contribution < 1.29 is 9.59 Å². The number of benzene rings is 1. The van der Waals surface area contributed by atoms with E-state index in [1.54, 1.807) is 29.4 Å². The number of amides is 2. The van der Waals surface area contributed by atoms with Crippen LogP contribution in [-0.2, 0) is 9.59 Å². The van der Waals surface area contributed by atoms with Gasteiger partial charge in [0.05, 0.1) is 17.8 Å². The largest absolute Gasteiger partial charge is 0.324 e. The summed E-state index contributed by atoms with van der Waals surface area (Å²) in [6, 6.07) is 11.0. The predicted octanol–water partition coefficient (Wildman–Crippen LogP) is 2.84.